The van der Waals surface area contributed by atoms with Crippen LogP contribution in [0.2, 0.25) is 0 Å². The number of thiazole rings is 1. The minimum Gasteiger partial charge on any atom is -0.488 e. The number of Topliss-reactive ketones (excluding diaryl/α,β-unsaturated/α-hetero) is 1. The Morgan fingerprint density at radius 1 is 0.974 bits per heavy atom. The fraction of sp³-hybridized carbons (Fsp3) is 0.300. The molecule has 0 bridgehead atoms. The van der Waals surface area contributed by atoms with Gasteiger partial charge < -0.3 is 18.9 Å². The molecule has 204 valence electrons. The van der Waals surface area contributed by atoms with Crippen molar-refractivity contribution in [3.05, 3.63) is 71.7 Å². The van der Waals surface area contributed by atoms with Crippen LogP contribution in [0.4, 0.5) is 4.79 Å². The molecule has 0 aliphatic carbocycles. The standard InChI is InChI=1S/C30H32N2O6S/c1-19(18-35-6)36-24-15-22(16-25(17-24)37-23-9-7-21(8-10-23)20(2)33)26-11-12-27(28-31-13-14-39-28)32(26)29(34)38-30(3,4)5/h7-17,19H,18H2,1-6H3/t19-/m0/s1. The highest BCUT2D eigenvalue weighted by Gasteiger charge is 2.25. The van der Waals surface area contributed by atoms with E-state index in [9.17, 15) is 9.59 Å². The van der Waals surface area contributed by atoms with Crippen LogP contribution in [0.3, 0.4) is 0 Å². The number of hydrogen-bond acceptors (Lipinski definition) is 8. The van der Waals surface area contributed by atoms with Crippen molar-refractivity contribution in [2.45, 2.75) is 46.3 Å². The summed E-state index contributed by atoms with van der Waals surface area (Å²) in [5.74, 6) is 1.57. The first-order chi connectivity index (χ1) is 18.5. The molecule has 1 atom stereocenters. The average Bonchev–Trinajstić information content (AvgIpc) is 3.53. The minimum atomic E-state index is -0.695. The number of aromatic nitrogens is 2. The van der Waals surface area contributed by atoms with E-state index in [1.807, 2.05) is 57.3 Å². The predicted molar refractivity (Wildman–Crippen MR) is 151 cm³/mol. The minimum absolute atomic E-state index is 0.0229. The van der Waals surface area contributed by atoms with Gasteiger partial charge in [-0.2, -0.15) is 0 Å². The first-order valence-corrected chi connectivity index (χ1v) is 13.4. The number of ketones is 1. The van der Waals surface area contributed by atoms with Gasteiger partial charge in [-0.3, -0.25) is 4.79 Å². The summed E-state index contributed by atoms with van der Waals surface area (Å²) in [5, 5.41) is 2.55. The van der Waals surface area contributed by atoms with Crippen LogP contribution in [0.15, 0.2) is 66.2 Å². The number of methoxy groups -OCH3 is 1. The average molecular weight is 549 g/mol. The Kier molecular flexibility index (Phi) is 8.52. The molecule has 4 rings (SSSR count). The van der Waals surface area contributed by atoms with E-state index in [0.29, 0.717) is 51.4 Å². The molecule has 2 heterocycles. The Morgan fingerprint density at radius 2 is 1.67 bits per heavy atom. The summed E-state index contributed by atoms with van der Waals surface area (Å²) in [6.45, 7) is 9.30. The van der Waals surface area contributed by atoms with Gasteiger partial charge in [0, 0.05) is 35.9 Å². The predicted octanol–water partition coefficient (Wildman–Crippen LogP) is 7.47. The monoisotopic (exact) mass is 548 g/mol. The van der Waals surface area contributed by atoms with Gasteiger partial charge in [0.2, 0.25) is 0 Å². The third-order valence-electron chi connectivity index (χ3n) is 5.52. The van der Waals surface area contributed by atoms with E-state index in [1.165, 1.54) is 22.8 Å². The molecular formula is C30H32N2O6S. The summed E-state index contributed by atoms with van der Waals surface area (Å²) in [4.78, 5) is 29.5. The molecule has 0 saturated carbocycles. The van der Waals surface area contributed by atoms with E-state index >= 15 is 0 Å². The Morgan fingerprint density at radius 3 is 2.28 bits per heavy atom. The Bertz CT molecular complexity index is 1440. The summed E-state index contributed by atoms with van der Waals surface area (Å²) >= 11 is 1.43. The van der Waals surface area contributed by atoms with Crippen LogP contribution in [0.5, 0.6) is 17.2 Å². The molecule has 0 N–H and O–H groups in total. The molecule has 0 unspecified atom stereocenters. The topological polar surface area (TPSA) is 88.9 Å². The van der Waals surface area contributed by atoms with E-state index in [1.54, 1.807) is 43.6 Å². The zero-order valence-corrected chi connectivity index (χ0v) is 23.7. The van der Waals surface area contributed by atoms with Crippen LogP contribution in [0.1, 0.15) is 45.0 Å². The number of hydrogen-bond donors (Lipinski definition) is 0. The molecule has 2 aromatic carbocycles. The van der Waals surface area contributed by atoms with Crippen molar-refractivity contribution in [3.63, 3.8) is 0 Å². The van der Waals surface area contributed by atoms with Crippen LogP contribution in [0.25, 0.3) is 22.0 Å². The number of carbonyl (C=O) groups excluding carboxylic acids is 2. The van der Waals surface area contributed by atoms with Gasteiger partial charge in [0.25, 0.3) is 0 Å². The van der Waals surface area contributed by atoms with E-state index in [-0.39, 0.29) is 11.9 Å². The number of carbonyl (C=O) groups is 2. The number of nitrogens with zero attached hydrogens (tertiary/aromatic N) is 2. The second kappa shape index (κ2) is 11.8. The molecule has 0 radical (unpaired) electrons. The van der Waals surface area contributed by atoms with Gasteiger partial charge >= 0.3 is 6.09 Å². The molecule has 9 heteroatoms. The summed E-state index contributed by atoms with van der Waals surface area (Å²) in [6.07, 6.45) is 0.951. The zero-order valence-electron chi connectivity index (χ0n) is 22.9. The molecule has 4 aromatic rings. The second-order valence-corrected chi connectivity index (χ2v) is 10.9. The smallest absolute Gasteiger partial charge is 0.419 e. The van der Waals surface area contributed by atoms with E-state index in [0.717, 1.165) is 0 Å². The van der Waals surface area contributed by atoms with E-state index in [4.69, 9.17) is 18.9 Å². The van der Waals surface area contributed by atoms with Gasteiger partial charge in [0.15, 0.2) is 5.78 Å². The largest absolute Gasteiger partial charge is 0.488 e. The van der Waals surface area contributed by atoms with Crippen molar-refractivity contribution < 1.29 is 28.5 Å². The van der Waals surface area contributed by atoms with E-state index in [2.05, 4.69) is 4.98 Å². The number of rotatable bonds is 9. The lowest BCUT2D eigenvalue weighted by atomic mass is 10.1. The van der Waals surface area contributed by atoms with Gasteiger partial charge in [-0.05, 0) is 83.1 Å². The second-order valence-electron chi connectivity index (χ2n) is 10.0. The van der Waals surface area contributed by atoms with Crippen LogP contribution >= 0.6 is 11.3 Å². The molecule has 0 amide bonds. The highest BCUT2D eigenvalue weighted by molar-refractivity contribution is 7.13. The third-order valence-corrected chi connectivity index (χ3v) is 6.31. The van der Waals surface area contributed by atoms with Crippen molar-refractivity contribution in [2.24, 2.45) is 0 Å². The van der Waals surface area contributed by atoms with Gasteiger partial charge in [0.05, 0.1) is 18.0 Å². The molecule has 8 nitrogen and oxygen atoms in total. The quantitative estimate of drug-likeness (QED) is 0.200. The fourth-order valence-corrected chi connectivity index (χ4v) is 4.58. The maximum Gasteiger partial charge on any atom is 0.419 e. The van der Waals surface area contributed by atoms with Crippen LogP contribution in [-0.4, -0.2) is 46.8 Å². The molecular weight excluding hydrogens is 516 g/mol. The van der Waals surface area contributed by atoms with Gasteiger partial charge in [-0.25, -0.2) is 14.3 Å². The summed E-state index contributed by atoms with van der Waals surface area (Å²) in [5.41, 5.74) is 1.80. The Hall–Kier alpha value is -3.95. The molecule has 0 aliphatic rings. The van der Waals surface area contributed by atoms with Crippen LogP contribution < -0.4 is 9.47 Å². The highest BCUT2D eigenvalue weighted by Crippen LogP contribution is 2.36. The maximum atomic E-state index is 13.5. The first-order valence-electron chi connectivity index (χ1n) is 12.5. The van der Waals surface area contributed by atoms with Crippen molar-refractivity contribution in [2.75, 3.05) is 13.7 Å². The lowest BCUT2D eigenvalue weighted by molar-refractivity contribution is 0.0542. The Balaban J connectivity index is 1.80. The normalized spacial score (nSPS) is 12.2. The molecule has 0 spiro atoms. The molecule has 2 aromatic heterocycles. The first kappa shape index (κ1) is 28.1. The third kappa shape index (κ3) is 7.13. The van der Waals surface area contributed by atoms with Gasteiger partial charge in [0.1, 0.15) is 34.0 Å². The van der Waals surface area contributed by atoms with Crippen LogP contribution in [-0.2, 0) is 9.47 Å². The molecule has 0 aliphatic heterocycles. The SMILES string of the molecule is COC[C@H](C)Oc1cc(Oc2ccc(C(C)=O)cc2)cc(-c2ccc(-c3nccs3)n2C(=O)OC(C)(C)C)c1. The highest BCUT2D eigenvalue weighted by atomic mass is 32.1. The Labute approximate surface area is 232 Å². The number of benzene rings is 2. The van der Waals surface area contributed by atoms with Crippen molar-refractivity contribution in [3.8, 4) is 39.2 Å². The van der Waals surface area contributed by atoms with Crippen molar-refractivity contribution in [1.82, 2.24) is 9.55 Å². The van der Waals surface area contributed by atoms with Crippen molar-refractivity contribution in [1.29, 1.82) is 0 Å². The molecule has 0 fully saturated rings. The summed E-state index contributed by atoms with van der Waals surface area (Å²) < 4.78 is 24.8. The van der Waals surface area contributed by atoms with E-state index < -0.39 is 11.7 Å². The maximum absolute atomic E-state index is 13.5. The fourth-order valence-electron chi connectivity index (χ4n) is 3.92. The summed E-state index contributed by atoms with van der Waals surface area (Å²) in [7, 11) is 1.61. The van der Waals surface area contributed by atoms with Gasteiger partial charge in [-0.1, -0.05) is 0 Å². The summed E-state index contributed by atoms with van der Waals surface area (Å²) in [6, 6.07) is 16.1. The molecule has 39 heavy (non-hydrogen) atoms. The lowest BCUT2D eigenvalue weighted by Crippen LogP contribution is -2.27. The zero-order chi connectivity index (χ0) is 28.2. The molecule has 0 saturated heterocycles. The number of ether oxygens (including phenoxy) is 4. The van der Waals surface area contributed by atoms with Crippen molar-refractivity contribution >= 4 is 23.2 Å². The van der Waals surface area contributed by atoms with Crippen LogP contribution in [0, 0.1) is 0 Å². The lowest BCUT2D eigenvalue weighted by Gasteiger charge is -2.22. The van der Waals surface area contributed by atoms with Gasteiger partial charge in [-0.15, -0.1) is 11.3 Å².